The molecule has 0 bridgehead atoms. The van der Waals surface area contributed by atoms with Gasteiger partial charge in [-0.3, -0.25) is 9.59 Å². The first kappa shape index (κ1) is 15.7. The highest BCUT2D eigenvalue weighted by atomic mass is 19.1. The van der Waals surface area contributed by atoms with Crippen LogP contribution < -0.4 is 10.2 Å². The van der Waals surface area contributed by atoms with Crippen molar-refractivity contribution >= 4 is 23.2 Å². The summed E-state index contributed by atoms with van der Waals surface area (Å²) in [4.78, 5) is 25.8. The molecule has 2 aromatic carbocycles. The number of halogens is 1. The molecule has 24 heavy (non-hydrogen) atoms. The van der Waals surface area contributed by atoms with E-state index in [9.17, 15) is 14.0 Å². The highest BCUT2D eigenvalue weighted by Crippen LogP contribution is 2.28. The lowest BCUT2D eigenvalue weighted by Gasteiger charge is -2.17. The normalized spacial score (nSPS) is 16.8. The van der Waals surface area contributed by atoms with Crippen LogP contribution in [0.4, 0.5) is 15.8 Å². The molecule has 0 aliphatic carbocycles. The van der Waals surface area contributed by atoms with Gasteiger partial charge in [0.2, 0.25) is 11.8 Å². The van der Waals surface area contributed by atoms with Crippen molar-refractivity contribution in [3.8, 4) is 6.07 Å². The first-order valence-electron chi connectivity index (χ1n) is 7.44. The van der Waals surface area contributed by atoms with E-state index in [2.05, 4.69) is 5.32 Å². The number of hydrogen-bond donors (Lipinski definition) is 1. The Bertz CT molecular complexity index is 827. The predicted molar refractivity (Wildman–Crippen MR) is 86.6 cm³/mol. The molecule has 1 aliphatic rings. The number of benzene rings is 2. The van der Waals surface area contributed by atoms with Crippen molar-refractivity contribution in [2.45, 2.75) is 6.42 Å². The lowest BCUT2D eigenvalue weighted by atomic mass is 10.1. The Kier molecular flexibility index (Phi) is 4.25. The van der Waals surface area contributed by atoms with Gasteiger partial charge in [-0.25, -0.2) is 4.39 Å². The van der Waals surface area contributed by atoms with E-state index in [0.29, 0.717) is 11.3 Å². The quantitative estimate of drug-likeness (QED) is 0.944. The second-order valence-corrected chi connectivity index (χ2v) is 5.54. The highest BCUT2D eigenvalue weighted by molar-refractivity contribution is 6.03. The van der Waals surface area contributed by atoms with E-state index in [1.807, 2.05) is 6.07 Å². The molecule has 5 nitrogen and oxygen atoms in total. The Hall–Kier alpha value is -3.20. The Morgan fingerprint density at radius 3 is 2.58 bits per heavy atom. The zero-order valence-corrected chi connectivity index (χ0v) is 12.7. The highest BCUT2D eigenvalue weighted by Gasteiger charge is 2.36. The molecule has 0 aromatic heterocycles. The molecular formula is C18H14FN3O2. The number of anilines is 2. The molecule has 6 heteroatoms. The summed E-state index contributed by atoms with van der Waals surface area (Å²) in [6.45, 7) is 0.141. The standard InChI is InChI=1S/C18H14FN3O2/c19-15-3-1-2-4-16(15)22-11-13(9-17(22)23)18(24)21-14-7-5-12(10-20)6-8-14/h1-8,13H,9,11H2,(H,21,24)/t13-/m1/s1. The van der Waals surface area contributed by atoms with Crippen LogP contribution in [0.1, 0.15) is 12.0 Å². The minimum absolute atomic E-state index is 0.0381. The monoisotopic (exact) mass is 323 g/mol. The van der Waals surface area contributed by atoms with E-state index in [4.69, 9.17) is 5.26 Å². The number of carbonyl (C=O) groups excluding carboxylic acids is 2. The summed E-state index contributed by atoms with van der Waals surface area (Å²) >= 11 is 0. The van der Waals surface area contributed by atoms with Gasteiger partial charge in [0, 0.05) is 18.7 Å². The van der Waals surface area contributed by atoms with Crippen LogP contribution in [-0.4, -0.2) is 18.4 Å². The zero-order valence-electron chi connectivity index (χ0n) is 12.7. The third-order valence-corrected chi connectivity index (χ3v) is 3.92. The second-order valence-electron chi connectivity index (χ2n) is 5.54. The van der Waals surface area contributed by atoms with Crippen LogP contribution in [0.3, 0.4) is 0 Å². The molecule has 1 fully saturated rings. The Morgan fingerprint density at radius 2 is 1.92 bits per heavy atom. The zero-order chi connectivity index (χ0) is 17.1. The molecule has 2 aromatic rings. The van der Waals surface area contributed by atoms with E-state index in [1.165, 1.54) is 17.0 Å². The maximum absolute atomic E-state index is 13.8. The fourth-order valence-corrected chi connectivity index (χ4v) is 2.66. The molecule has 0 radical (unpaired) electrons. The predicted octanol–water partition coefficient (Wildman–Crippen LogP) is 2.69. The van der Waals surface area contributed by atoms with Gasteiger partial charge in [-0.2, -0.15) is 5.26 Å². The maximum atomic E-state index is 13.8. The molecule has 1 heterocycles. The Morgan fingerprint density at radius 1 is 1.21 bits per heavy atom. The number of amides is 2. The summed E-state index contributed by atoms with van der Waals surface area (Å²) < 4.78 is 13.8. The van der Waals surface area contributed by atoms with E-state index >= 15 is 0 Å². The van der Waals surface area contributed by atoms with Crippen molar-refractivity contribution in [3.63, 3.8) is 0 Å². The van der Waals surface area contributed by atoms with Gasteiger partial charge in [0.15, 0.2) is 0 Å². The van der Waals surface area contributed by atoms with Crippen molar-refractivity contribution in [3.05, 3.63) is 59.9 Å². The number of nitrogens with one attached hydrogen (secondary N) is 1. The molecule has 1 N–H and O–H groups in total. The summed E-state index contributed by atoms with van der Waals surface area (Å²) in [7, 11) is 0. The SMILES string of the molecule is N#Cc1ccc(NC(=O)[C@@H]2CC(=O)N(c3ccccc3F)C2)cc1. The van der Waals surface area contributed by atoms with E-state index in [0.717, 1.165) is 0 Å². The van der Waals surface area contributed by atoms with Crippen molar-refractivity contribution in [1.82, 2.24) is 0 Å². The van der Waals surface area contributed by atoms with Crippen molar-refractivity contribution in [2.75, 3.05) is 16.8 Å². The third kappa shape index (κ3) is 3.10. The van der Waals surface area contributed by atoms with Gasteiger partial charge in [0.25, 0.3) is 0 Å². The summed E-state index contributed by atoms with van der Waals surface area (Å²) in [5, 5.41) is 11.5. The summed E-state index contributed by atoms with van der Waals surface area (Å²) in [6, 6.07) is 14.5. The molecule has 1 aliphatic heterocycles. The molecular weight excluding hydrogens is 309 g/mol. The number of nitrogens with zero attached hydrogens (tertiary/aromatic N) is 2. The Labute approximate surface area is 138 Å². The van der Waals surface area contributed by atoms with Crippen LogP contribution in [0, 0.1) is 23.1 Å². The Balaban J connectivity index is 1.70. The van der Waals surface area contributed by atoms with Gasteiger partial charge in [0.05, 0.1) is 23.2 Å². The van der Waals surface area contributed by atoms with Gasteiger partial charge >= 0.3 is 0 Å². The number of rotatable bonds is 3. The fraction of sp³-hybridized carbons (Fsp3) is 0.167. The fourth-order valence-electron chi connectivity index (χ4n) is 2.66. The van der Waals surface area contributed by atoms with Crippen LogP contribution >= 0.6 is 0 Å². The van der Waals surface area contributed by atoms with E-state index in [-0.39, 0.29) is 30.5 Å². The molecule has 0 unspecified atom stereocenters. The average molecular weight is 323 g/mol. The number of nitriles is 1. The topological polar surface area (TPSA) is 73.2 Å². The molecule has 3 rings (SSSR count). The molecule has 0 spiro atoms. The van der Waals surface area contributed by atoms with Gasteiger partial charge in [-0.1, -0.05) is 12.1 Å². The largest absolute Gasteiger partial charge is 0.326 e. The van der Waals surface area contributed by atoms with Crippen LogP contribution in [0.2, 0.25) is 0 Å². The molecule has 1 atom stereocenters. The van der Waals surface area contributed by atoms with Crippen LogP contribution in [0.15, 0.2) is 48.5 Å². The first-order valence-corrected chi connectivity index (χ1v) is 7.44. The second kappa shape index (κ2) is 6.50. The maximum Gasteiger partial charge on any atom is 0.229 e. The van der Waals surface area contributed by atoms with Gasteiger partial charge < -0.3 is 10.2 Å². The first-order chi connectivity index (χ1) is 11.6. The average Bonchev–Trinajstić information content (AvgIpc) is 2.98. The van der Waals surface area contributed by atoms with E-state index < -0.39 is 11.7 Å². The van der Waals surface area contributed by atoms with Crippen molar-refractivity contribution < 1.29 is 14.0 Å². The number of hydrogen-bond acceptors (Lipinski definition) is 3. The minimum atomic E-state index is -0.548. The van der Waals surface area contributed by atoms with Gasteiger partial charge in [-0.05, 0) is 36.4 Å². The number of carbonyl (C=O) groups is 2. The minimum Gasteiger partial charge on any atom is -0.326 e. The lowest BCUT2D eigenvalue weighted by molar-refractivity contribution is -0.122. The summed E-state index contributed by atoms with van der Waals surface area (Å²) in [5.41, 5.74) is 1.24. The lowest BCUT2D eigenvalue weighted by Crippen LogP contribution is -2.28. The number of para-hydroxylation sites is 1. The summed E-state index contributed by atoms with van der Waals surface area (Å²) in [5.74, 6) is -1.61. The van der Waals surface area contributed by atoms with Gasteiger partial charge in [-0.15, -0.1) is 0 Å². The van der Waals surface area contributed by atoms with Crippen LogP contribution in [-0.2, 0) is 9.59 Å². The van der Waals surface area contributed by atoms with Crippen LogP contribution in [0.5, 0.6) is 0 Å². The smallest absolute Gasteiger partial charge is 0.229 e. The molecule has 120 valence electrons. The third-order valence-electron chi connectivity index (χ3n) is 3.92. The van der Waals surface area contributed by atoms with Crippen molar-refractivity contribution in [2.24, 2.45) is 5.92 Å². The molecule has 2 amide bonds. The van der Waals surface area contributed by atoms with E-state index in [1.54, 1.807) is 36.4 Å². The van der Waals surface area contributed by atoms with Crippen LogP contribution in [0.25, 0.3) is 0 Å². The van der Waals surface area contributed by atoms with Crippen molar-refractivity contribution in [1.29, 1.82) is 5.26 Å². The summed E-state index contributed by atoms with van der Waals surface area (Å²) in [6.07, 6.45) is 0.0381. The molecule has 1 saturated heterocycles. The van der Waals surface area contributed by atoms with Gasteiger partial charge in [0.1, 0.15) is 5.82 Å². The molecule has 0 saturated carbocycles.